The van der Waals surface area contributed by atoms with Crippen molar-refractivity contribution in [1.29, 1.82) is 0 Å². The zero-order valence-electron chi connectivity index (χ0n) is 15.7. The number of nitrogens with zero attached hydrogens (tertiary/aromatic N) is 2. The average molecular weight is 443 g/mol. The van der Waals surface area contributed by atoms with Gasteiger partial charge in [-0.05, 0) is 12.1 Å². The maximum atomic E-state index is 13.1. The first kappa shape index (κ1) is 21.9. The van der Waals surface area contributed by atoms with E-state index in [4.69, 9.17) is 4.74 Å². The molecule has 1 saturated heterocycles. The molecule has 0 bridgehead atoms. The summed E-state index contributed by atoms with van der Waals surface area (Å²) in [5, 5.41) is 14.0. The number of ether oxygens (including phenoxy) is 2. The fourth-order valence-electron chi connectivity index (χ4n) is 2.96. The average Bonchev–Trinajstić information content (AvgIpc) is 2.73. The topological polar surface area (TPSA) is 111 Å². The number of halogens is 2. The molecule has 0 radical (unpaired) electrons. The van der Waals surface area contributed by atoms with E-state index in [1.807, 2.05) is 0 Å². The van der Waals surface area contributed by atoms with Gasteiger partial charge in [0.2, 0.25) is 10.0 Å². The van der Waals surface area contributed by atoms with Crippen LogP contribution in [-0.2, 0) is 21.3 Å². The van der Waals surface area contributed by atoms with Crippen LogP contribution in [0.5, 0.6) is 5.75 Å². The molecule has 1 aliphatic rings. The van der Waals surface area contributed by atoms with Gasteiger partial charge in [0.05, 0.1) is 23.8 Å². The van der Waals surface area contributed by atoms with Crippen molar-refractivity contribution < 1.29 is 31.6 Å². The van der Waals surface area contributed by atoms with Gasteiger partial charge in [0, 0.05) is 37.3 Å². The van der Waals surface area contributed by atoms with E-state index in [1.165, 1.54) is 28.6 Å². The Morgan fingerprint density at radius 1 is 1.20 bits per heavy atom. The molecule has 1 heterocycles. The van der Waals surface area contributed by atoms with E-state index in [2.05, 4.69) is 10.1 Å². The predicted molar refractivity (Wildman–Crippen MR) is 103 cm³/mol. The number of nitro groups is 1. The third kappa shape index (κ3) is 5.01. The summed E-state index contributed by atoms with van der Waals surface area (Å²) < 4.78 is 62.2. The Morgan fingerprint density at radius 3 is 2.57 bits per heavy atom. The summed E-state index contributed by atoms with van der Waals surface area (Å²) in [4.78, 5) is 10.2. The minimum atomic E-state index is -4.05. The fraction of sp³-hybridized carbons (Fsp3) is 0.333. The number of morpholine rings is 1. The number of alkyl halides is 2. The maximum absolute atomic E-state index is 13.1. The predicted octanol–water partition coefficient (Wildman–Crippen LogP) is 2.83. The van der Waals surface area contributed by atoms with E-state index in [0.29, 0.717) is 5.56 Å². The van der Waals surface area contributed by atoms with Gasteiger partial charge in [-0.25, -0.2) is 8.42 Å². The molecular formula is C18H19F2N3O6S. The van der Waals surface area contributed by atoms with Crippen molar-refractivity contribution in [3.63, 3.8) is 0 Å². The van der Waals surface area contributed by atoms with Crippen molar-refractivity contribution in [2.24, 2.45) is 0 Å². The molecule has 1 fully saturated rings. The summed E-state index contributed by atoms with van der Waals surface area (Å²) in [6, 6.07) is 9.49. The lowest BCUT2D eigenvalue weighted by Crippen LogP contribution is -2.40. The van der Waals surface area contributed by atoms with Crippen LogP contribution < -0.4 is 10.1 Å². The molecular weight excluding hydrogens is 424 g/mol. The number of hydrogen-bond acceptors (Lipinski definition) is 7. The Labute approximate surface area is 171 Å². The largest absolute Gasteiger partial charge is 0.434 e. The van der Waals surface area contributed by atoms with Crippen molar-refractivity contribution >= 4 is 21.4 Å². The van der Waals surface area contributed by atoms with Gasteiger partial charge in [0.1, 0.15) is 10.6 Å². The molecule has 2 aromatic carbocycles. The molecule has 0 unspecified atom stereocenters. The normalized spacial score (nSPS) is 15.2. The smallest absolute Gasteiger partial charge is 0.387 e. The van der Waals surface area contributed by atoms with E-state index in [1.54, 1.807) is 12.1 Å². The van der Waals surface area contributed by atoms with Crippen LogP contribution in [0.3, 0.4) is 0 Å². The van der Waals surface area contributed by atoms with Gasteiger partial charge < -0.3 is 14.8 Å². The van der Waals surface area contributed by atoms with Crippen LogP contribution in [0.15, 0.2) is 47.4 Å². The molecule has 1 aliphatic heterocycles. The molecule has 0 aliphatic carbocycles. The van der Waals surface area contributed by atoms with E-state index < -0.39 is 21.6 Å². The zero-order valence-corrected chi connectivity index (χ0v) is 16.5. The molecule has 0 spiro atoms. The monoisotopic (exact) mass is 443 g/mol. The molecule has 1 N–H and O–H groups in total. The molecule has 0 amide bonds. The van der Waals surface area contributed by atoms with Gasteiger partial charge in [-0.15, -0.1) is 0 Å². The van der Waals surface area contributed by atoms with Crippen LogP contribution in [-0.4, -0.2) is 50.6 Å². The van der Waals surface area contributed by atoms with Crippen LogP contribution in [0, 0.1) is 10.1 Å². The number of rotatable bonds is 8. The molecule has 0 atom stereocenters. The number of para-hydroxylation sites is 1. The van der Waals surface area contributed by atoms with Gasteiger partial charge in [-0.1, -0.05) is 18.2 Å². The highest BCUT2D eigenvalue weighted by Crippen LogP contribution is 2.30. The van der Waals surface area contributed by atoms with E-state index in [9.17, 15) is 27.3 Å². The summed E-state index contributed by atoms with van der Waals surface area (Å²) in [6.45, 7) is -2.37. The highest BCUT2D eigenvalue weighted by atomic mass is 32.2. The maximum Gasteiger partial charge on any atom is 0.387 e. The molecule has 9 nitrogen and oxygen atoms in total. The molecule has 3 rings (SSSR count). The Morgan fingerprint density at radius 2 is 1.90 bits per heavy atom. The van der Waals surface area contributed by atoms with Crippen LogP contribution in [0.4, 0.5) is 20.2 Å². The Balaban J connectivity index is 1.93. The SMILES string of the molecule is O=[N+]([O-])c1ccc(NCc2ccccc2OC(F)F)c(S(=O)(=O)N2CCOCC2)c1. The minimum Gasteiger partial charge on any atom is -0.434 e. The van der Waals surface area contributed by atoms with E-state index in [0.717, 1.165) is 6.07 Å². The van der Waals surface area contributed by atoms with E-state index in [-0.39, 0.29) is 54.9 Å². The van der Waals surface area contributed by atoms with Gasteiger partial charge >= 0.3 is 6.61 Å². The number of non-ortho nitro benzene ring substituents is 1. The summed E-state index contributed by atoms with van der Waals surface area (Å²) >= 11 is 0. The van der Waals surface area contributed by atoms with Gasteiger partial charge in [-0.3, -0.25) is 10.1 Å². The van der Waals surface area contributed by atoms with Crippen molar-refractivity contribution in [2.45, 2.75) is 18.1 Å². The summed E-state index contributed by atoms with van der Waals surface area (Å²) in [6.07, 6.45) is 0. The van der Waals surface area contributed by atoms with Crippen LogP contribution in [0.2, 0.25) is 0 Å². The summed E-state index contributed by atoms with van der Waals surface area (Å²) in [5.41, 5.74) is 0.0960. The van der Waals surface area contributed by atoms with Crippen molar-refractivity contribution in [3.8, 4) is 5.75 Å². The van der Waals surface area contributed by atoms with Gasteiger partial charge in [0.15, 0.2) is 0 Å². The second-order valence-electron chi connectivity index (χ2n) is 6.29. The fourth-order valence-corrected chi connectivity index (χ4v) is 4.56. The summed E-state index contributed by atoms with van der Waals surface area (Å²) in [7, 11) is -4.05. The van der Waals surface area contributed by atoms with Crippen molar-refractivity contribution in [2.75, 3.05) is 31.6 Å². The molecule has 12 heteroatoms. The zero-order chi connectivity index (χ0) is 21.7. The molecule has 30 heavy (non-hydrogen) atoms. The van der Waals surface area contributed by atoms with Crippen LogP contribution >= 0.6 is 0 Å². The number of nitro benzene ring substituents is 1. The standard InChI is InChI=1S/C18H19F2N3O6S/c19-18(20)29-16-4-2-1-3-13(16)12-21-15-6-5-14(23(24)25)11-17(15)30(26,27)22-7-9-28-10-8-22/h1-6,11,18,21H,7-10,12H2. The molecule has 0 saturated carbocycles. The number of hydrogen-bond donors (Lipinski definition) is 1. The van der Waals surface area contributed by atoms with Crippen molar-refractivity contribution in [1.82, 2.24) is 4.31 Å². The lowest BCUT2D eigenvalue weighted by molar-refractivity contribution is -0.385. The second-order valence-corrected chi connectivity index (χ2v) is 8.20. The molecule has 0 aromatic heterocycles. The lowest BCUT2D eigenvalue weighted by Gasteiger charge is -2.27. The Kier molecular flexibility index (Phi) is 6.80. The lowest BCUT2D eigenvalue weighted by atomic mass is 10.2. The number of benzene rings is 2. The highest BCUT2D eigenvalue weighted by molar-refractivity contribution is 7.89. The highest BCUT2D eigenvalue weighted by Gasteiger charge is 2.30. The first-order valence-electron chi connectivity index (χ1n) is 8.92. The molecule has 2 aromatic rings. The first-order valence-corrected chi connectivity index (χ1v) is 10.4. The third-order valence-electron chi connectivity index (χ3n) is 4.42. The third-order valence-corrected chi connectivity index (χ3v) is 6.36. The summed E-state index contributed by atoms with van der Waals surface area (Å²) in [5.74, 6) is -0.0560. The van der Waals surface area contributed by atoms with Gasteiger partial charge in [0.25, 0.3) is 5.69 Å². The van der Waals surface area contributed by atoms with Crippen molar-refractivity contribution in [3.05, 3.63) is 58.1 Å². The number of nitrogens with one attached hydrogen (secondary N) is 1. The van der Waals surface area contributed by atoms with E-state index >= 15 is 0 Å². The Hall–Kier alpha value is -2.83. The van der Waals surface area contributed by atoms with Crippen LogP contribution in [0.25, 0.3) is 0 Å². The van der Waals surface area contributed by atoms with Crippen LogP contribution in [0.1, 0.15) is 5.56 Å². The van der Waals surface area contributed by atoms with Gasteiger partial charge in [-0.2, -0.15) is 13.1 Å². The minimum absolute atomic E-state index is 0.0354. The number of anilines is 1. The number of sulfonamides is 1. The molecule has 162 valence electrons. The quantitative estimate of drug-likeness (QED) is 0.493. The second kappa shape index (κ2) is 9.32. The Bertz CT molecular complexity index is 1010. The first-order chi connectivity index (χ1) is 14.3.